The van der Waals surface area contributed by atoms with Crippen molar-refractivity contribution in [2.24, 2.45) is 5.73 Å². The van der Waals surface area contributed by atoms with Gasteiger partial charge in [-0.25, -0.2) is 0 Å². The van der Waals surface area contributed by atoms with Gasteiger partial charge >= 0.3 is 0 Å². The molecular weight excluding hydrogens is 250 g/mol. The van der Waals surface area contributed by atoms with E-state index in [1.807, 2.05) is 0 Å². The summed E-state index contributed by atoms with van der Waals surface area (Å²) >= 11 is 4.85. The van der Waals surface area contributed by atoms with Crippen LogP contribution in [0.1, 0.15) is 15.9 Å². The number of nitrogens with two attached hydrogens (primary N) is 1. The molecule has 0 radical (unpaired) electrons. The molecule has 6 heteroatoms. The summed E-state index contributed by atoms with van der Waals surface area (Å²) in [5.41, 5.74) is 6.58. The van der Waals surface area contributed by atoms with Gasteiger partial charge in [0.15, 0.2) is 0 Å². The molecule has 2 amide bonds. The standard InChI is InChI=1S/C12H15N3O2S/c1-14-10(16)7-15(2)12(17)9-5-3-4-8(6-9)11(13)18/h3-6H,7H2,1-2H3,(H2,13,18)(H,14,16). The van der Waals surface area contributed by atoms with E-state index in [0.717, 1.165) is 0 Å². The first-order valence-corrected chi connectivity index (χ1v) is 5.72. The minimum atomic E-state index is -0.253. The number of hydrogen-bond acceptors (Lipinski definition) is 3. The fraction of sp³-hybridized carbons (Fsp3) is 0.250. The summed E-state index contributed by atoms with van der Waals surface area (Å²) < 4.78 is 0. The fourth-order valence-electron chi connectivity index (χ4n) is 1.39. The quantitative estimate of drug-likeness (QED) is 0.759. The molecular formula is C12H15N3O2S. The lowest BCUT2D eigenvalue weighted by Crippen LogP contribution is -2.36. The van der Waals surface area contributed by atoms with Crippen LogP contribution in [0.3, 0.4) is 0 Å². The van der Waals surface area contributed by atoms with E-state index in [0.29, 0.717) is 11.1 Å². The highest BCUT2D eigenvalue weighted by atomic mass is 32.1. The lowest BCUT2D eigenvalue weighted by atomic mass is 10.1. The normalized spacial score (nSPS) is 9.67. The molecule has 0 saturated heterocycles. The van der Waals surface area contributed by atoms with Gasteiger partial charge < -0.3 is 16.0 Å². The van der Waals surface area contributed by atoms with Crippen molar-refractivity contribution >= 4 is 29.0 Å². The van der Waals surface area contributed by atoms with Crippen molar-refractivity contribution in [3.05, 3.63) is 35.4 Å². The Morgan fingerprint density at radius 3 is 2.56 bits per heavy atom. The maximum Gasteiger partial charge on any atom is 0.254 e. The molecule has 0 spiro atoms. The van der Waals surface area contributed by atoms with Crippen LogP contribution in [0.4, 0.5) is 0 Å². The van der Waals surface area contributed by atoms with Crippen LogP contribution in [0.25, 0.3) is 0 Å². The summed E-state index contributed by atoms with van der Waals surface area (Å²) in [6.45, 7) is 0.00658. The van der Waals surface area contributed by atoms with Crippen LogP contribution in [0.2, 0.25) is 0 Å². The molecule has 0 atom stereocenters. The highest BCUT2D eigenvalue weighted by molar-refractivity contribution is 7.80. The number of likely N-dealkylation sites (N-methyl/N-ethyl adjacent to an activating group) is 2. The molecule has 3 N–H and O–H groups in total. The van der Waals surface area contributed by atoms with Gasteiger partial charge in [0.05, 0.1) is 6.54 Å². The largest absolute Gasteiger partial charge is 0.389 e. The van der Waals surface area contributed by atoms with Crippen molar-refractivity contribution in [3.63, 3.8) is 0 Å². The van der Waals surface area contributed by atoms with E-state index in [9.17, 15) is 9.59 Å². The Morgan fingerprint density at radius 2 is 2.00 bits per heavy atom. The van der Waals surface area contributed by atoms with Gasteiger partial charge in [-0.1, -0.05) is 24.4 Å². The minimum Gasteiger partial charge on any atom is -0.389 e. The van der Waals surface area contributed by atoms with E-state index in [-0.39, 0.29) is 23.3 Å². The van der Waals surface area contributed by atoms with E-state index in [1.165, 1.54) is 11.9 Å². The van der Waals surface area contributed by atoms with Gasteiger partial charge in [0.25, 0.3) is 5.91 Å². The average molecular weight is 265 g/mol. The Balaban J connectivity index is 2.86. The molecule has 18 heavy (non-hydrogen) atoms. The number of rotatable bonds is 4. The van der Waals surface area contributed by atoms with Crippen molar-refractivity contribution in [2.45, 2.75) is 0 Å². The summed E-state index contributed by atoms with van der Waals surface area (Å²) in [6.07, 6.45) is 0. The van der Waals surface area contributed by atoms with E-state index in [2.05, 4.69) is 5.32 Å². The van der Waals surface area contributed by atoms with Crippen molar-refractivity contribution in [1.82, 2.24) is 10.2 Å². The molecule has 0 aromatic heterocycles. The lowest BCUT2D eigenvalue weighted by Gasteiger charge is -2.16. The summed E-state index contributed by atoms with van der Waals surface area (Å²) in [7, 11) is 3.08. The minimum absolute atomic E-state index is 0.00658. The number of thiocarbonyl (C=S) groups is 1. The second-order valence-electron chi connectivity index (χ2n) is 3.78. The third-order valence-electron chi connectivity index (χ3n) is 2.40. The maximum absolute atomic E-state index is 12.0. The molecule has 0 aliphatic rings. The Kier molecular flexibility index (Phi) is 4.79. The number of benzene rings is 1. The number of carbonyl (C=O) groups excluding carboxylic acids is 2. The zero-order valence-electron chi connectivity index (χ0n) is 10.3. The number of hydrogen-bond donors (Lipinski definition) is 2. The lowest BCUT2D eigenvalue weighted by molar-refractivity contribution is -0.121. The molecule has 0 bridgehead atoms. The second-order valence-corrected chi connectivity index (χ2v) is 4.22. The van der Waals surface area contributed by atoms with Gasteiger partial charge in [-0.15, -0.1) is 0 Å². The SMILES string of the molecule is CNC(=O)CN(C)C(=O)c1cccc(C(N)=S)c1. The number of carbonyl (C=O) groups is 2. The predicted octanol–water partition coefficient (Wildman–Crippen LogP) is 0.139. The van der Waals surface area contributed by atoms with E-state index < -0.39 is 0 Å². The van der Waals surface area contributed by atoms with Gasteiger partial charge in [-0.2, -0.15) is 0 Å². The van der Waals surface area contributed by atoms with Crippen molar-refractivity contribution in [3.8, 4) is 0 Å². The highest BCUT2D eigenvalue weighted by Crippen LogP contribution is 2.07. The Labute approximate surface area is 111 Å². The zero-order chi connectivity index (χ0) is 13.7. The van der Waals surface area contributed by atoms with Gasteiger partial charge in [0.2, 0.25) is 5.91 Å². The molecule has 1 aromatic rings. The Hall–Kier alpha value is -1.95. The maximum atomic E-state index is 12.0. The molecule has 0 fully saturated rings. The number of nitrogens with one attached hydrogen (secondary N) is 1. The van der Waals surface area contributed by atoms with E-state index in [4.69, 9.17) is 18.0 Å². The van der Waals surface area contributed by atoms with E-state index >= 15 is 0 Å². The third kappa shape index (κ3) is 3.53. The predicted molar refractivity (Wildman–Crippen MR) is 73.4 cm³/mol. The van der Waals surface area contributed by atoms with Gasteiger partial charge in [-0.3, -0.25) is 9.59 Å². The number of amides is 2. The van der Waals surface area contributed by atoms with Crippen LogP contribution in [-0.4, -0.2) is 42.3 Å². The Bertz CT molecular complexity index is 488. The molecule has 1 aromatic carbocycles. The molecule has 0 heterocycles. The summed E-state index contributed by atoms with van der Waals surface area (Å²) in [5, 5.41) is 2.46. The van der Waals surface area contributed by atoms with Crippen molar-refractivity contribution in [1.29, 1.82) is 0 Å². The molecule has 0 aliphatic carbocycles. The van der Waals surface area contributed by atoms with Crippen LogP contribution >= 0.6 is 12.2 Å². The van der Waals surface area contributed by atoms with Crippen molar-refractivity contribution < 1.29 is 9.59 Å². The second kappa shape index (κ2) is 6.11. The van der Waals surface area contributed by atoms with Gasteiger partial charge in [0.1, 0.15) is 4.99 Å². The third-order valence-corrected chi connectivity index (χ3v) is 2.64. The van der Waals surface area contributed by atoms with Crippen LogP contribution in [-0.2, 0) is 4.79 Å². The summed E-state index contributed by atoms with van der Waals surface area (Å²) in [5.74, 6) is -0.479. The fourth-order valence-corrected chi connectivity index (χ4v) is 1.52. The molecule has 1 rings (SSSR count). The topological polar surface area (TPSA) is 75.4 Å². The van der Waals surface area contributed by atoms with Crippen LogP contribution in [0.15, 0.2) is 24.3 Å². The smallest absolute Gasteiger partial charge is 0.254 e. The molecule has 96 valence electrons. The first-order chi connectivity index (χ1) is 8.45. The molecule has 0 aliphatic heterocycles. The summed E-state index contributed by atoms with van der Waals surface area (Å²) in [6, 6.07) is 6.71. The van der Waals surface area contributed by atoms with E-state index in [1.54, 1.807) is 31.3 Å². The van der Waals surface area contributed by atoms with Crippen molar-refractivity contribution in [2.75, 3.05) is 20.6 Å². The summed E-state index contributed by atoms with van der Waals surface area (Å²) in [4.78, 5) is 24.8. The average Bonchev–Trinajstić information content (AvgIpc) is 2.37. The molecule has 0 unspecified atom stereocenters. The first-order valence-electron chi connectivity index (χ1n) is 5.31. The van der Waals surface area contributed by atoms with Gasteiger partial charge in [-0.05, 0) is 12.1 Å². The Morgan fingerprint density at radius 1 is 1.39 bits per heavy atom. The van der Waals surface area contributed by atoms with Crippen LogP contribution in [0.5, 0.6) is 0 Å². The monoisotopic (exact) mass is 265 g/mol. The number of nitrogens with zero attached hydrogens (tertiary/aromatic N) is 1. The molecule has 5 nitrogen and oxygen atoms in total. The first kappa shape index (κ1) is 14.1. The van der Waals surface area contributed by atoms with Crippen LogP contribution < -0.4 is 11.1 Å². The van der Waals surface area contributed by atoms with Crippen LogP contribution in [0, 0.1) is 0 Å². The van der Waals surface area contributed by atoms with Gasteiger partial charge in [0, 0.05) is 25.2 Å². The zero-order valence-corrected chi connectivity index (χ0v) is 11.1. The highest BCUT2D eigenvalue weighted by Gasteiger charge is 2.14. The molecule has 0 saturated carbocycles.